The third-order valence-corrected chi connectivity index (χ3v) is 5.87. The number of thiophene rings is 1. The molecule has 1 amide bonds. The number of rotatable bonds is 5. The van der Waals surface area contributed by atoms with Gasteiger partial charge in [0, 0.05) is 6.07 Å². The zero-order valence-electron chi connectivity index (χ0n) is 15.1. The highest BCUT2D eigenvalue weighted by molar-refractivity contribution is 8.00. The molecule has 1 atom stereocenters. The molecule has 9 heteroatoms. The summed E-state index contributed by atoms with van der Waals surface area (Å²) in [7, 11) is 0. The Morgan fingerprint density at radius 3 is 2.79 bits per heavy atom. The number of hydrogen-bond donors (Lipinski definition) is 1. The number of para-hydroxylation sites is 1. The highest BCUT2D eigenvalue weighted by Gasteiger charge is 2.21. The average Bonchev–Trinajstić information content (AvgIpc) is 3.31. The molecule has 4 rings (SSSR count). The number of amides is 1. The van der Waals surface area contributed by atoms with Gasteiger partial charge in [0.2, 0.25) is 5.91 Å². The van der Waals surface area contributed by atoms with Gasteiger partial charge in [0.05, 0.1) is 16.3 Å². The Morgan fingerprint density at radius 1 is 1.29 bits per heavy atom. The maximum atomic E-state index is 13.0. The third kappa shape index (κ3) is 3.58. The number of carbonyl (C=O) groups is 1. The van der Waals surface area contributed by atoms with E-state index in [0.717, 1.165) is 0 Å². The first-order valence-electron chi connectivity index (χ1n) is 8.49. The molecule has 1 unspecified atom stereocenters. The number of nitrogens with one attached hydrogen (secondary N) is 1. The molecule has 0 aliphatic heterocycles. The summed E-state index contributed by atoms with van der Waals surface area (Å²) >= 11 is 2.62. The van der Waals surface area contributed by atoms with E-state index in [-0.39, 0.29) is 11.5 Å². The molecule has 0 aliphatic rings. The number of aromatic nitrogens is 3. The van der Waals surface area contributed by atoms with Crippen LogP contribution in [0.2, 0.25) is 0 Å². The van der Waals surface area contributed by atoms with Gasteiger partial charge in [-0.1, -0.05) is 35.1 Å². The number of thioether (sulfide) groups is 1. The number of fused-ring (bicyclic) bond motifs is 1. The molecule has 0 bridgehead atoms. The minimum Gasteiger partial charge on any atom is -0.360 e. The maximum absolute atomic E-state index is 13.0. The molecule has 1 N–H and O–H groups in total. The Kier molecular flexibility index (Phi) is 5.01. The van der Waals surface area contributed by atoms with Crippen LogP contribution in [0, 0.1) is 6.92 Å². The van der Waals surface area contributed by atoms with Gasteiger partial charge in [0.15, 0.2) is 11.0 Å². The van der Waals surface area contributed by atoms with E-state index in [9.17, 15) is 9.59 Å². The lowest BCUT2D eigenvalue weighted by Gasteiger charge is -2.15. The number of nitrogens with zero attached hydrogens (tertiary/aromatic N) is 3. The first-order valence-corrected chi connectivity index (χ1v) is 10.3. The molecule has 3 heterocycles. The second-order valence-electron chi connectivity index (χ2n) is 6.08. The van der Waals surface area contributed by atoms with Gasteiger partial charge in [-0.2, -0.15) is 0 Å². The van der Waals surface area contributed by atoms with Crippen LogP contribution in [0.15, 0.2) is 62.3 Å². The molecule has 142 valence electrons. The largest absolute Gasteiger partial charge is 0.360 e. The van der Waals surface area contributed by atoms with Crippen LogP contribution in [-0.4, -0.2) is 25.9 Å². The Bertz CT molecular complexity index is 1200. The van der Waals surface area contributed by atoms with Crippen LogP contribution in [0.1, 0.15) is 12.7 Å². The molecule has 0 aliphatic carbocycles. The average molecular weight is 412 g/mol. The van der Waals surface area contributed by atoms with Gasteiger partial charge >= 0.3 is 0 Å². The Labute approximate surface area is 168 Å². The molecular weight excluding hydrogens is 396 g/mol. The van der Waals surface area contributed by atoms with Gasteiger partial charge in [0.25, 0.3) is 5.56 Å². The molecule has 4 aromatic rings. The van der Waals surface area contributed by atoms with Crippen LogP contribution in [-0.2, 0) is 4.79 Å². The van der Waals surface area contributed by atoms with Crippen molar-refractivity contribution in [3.63, 3.8) is 0 Å². The third-order valence-electron chi connectivity index (χ3n) is 4.01. The topological polar surface area (TPSA) is 90.0 Å². The number of anilines is 1. The molecule has 0 saturated carbocycles. The predicted molar refractivity (Wildman–Crippen MR) is 110 cm³/mol. The van der Waals surface area contributed by atoms with E-state index in [1.54, 1.807) is 30.5 Å². The lowest BCUT2D eigenvalue weighted by molar-refractivity contribution is -0.115. The number of aryl methyl sites for hydroxylation is 1. The quantitative estimate of drug-likeness (QED) is 0.395. The van der Waals surface area contributed by atoms with Gasteiger partial charge in [0.1, 0.15) is 10.6 Å². The fourth-order valence-electron chi connectivity index (χ4n) is 2.64. The Morgan fingerprint density at radius 2 is 2.07 bits per heavy atom. The van der Waals surface area contributed by atoms with Gasteiger partial charge in [-0.15, -0.1) is 11.3 Å². The molecule has 0 fully saturated rings. The SMILES string of the molecule is Cc1cc(NC(=O)C(C)Sc2nc3sccc3c(=O)n2-c2ccccc2)no1. The van der Waals surface area contributed by atoms with Gasteiger partial charge < -0.3 is 9.84 Å². The zero-order chi connectivity index (χ0) is 19.7. The van der Waals surface area contributed by atoms with E-state index < -0.39 is 5.25 Å². The summed E-state index contributed by atoms with van der Waals surface area (Å²) in [5.41, 5.74) is 0.551. The fourth-order valence-corrected chi connectivity index (χ4v) is 4.38. The van der Waals surface area contributed by atoms with Crippen LogP contribution in [0.5, 0.6) is 0 Å². The number of carbonyl (C=O) groups excluding carboxylic acids is 1. The van der Waals surface area contributed by atoms with Crippen molar-refractivity contribution < 1.29 is 9.32 Å². The van der Waals surface area contributed by atoms with Crippen LogP contribution in [0.3, 0.4) is 0 Å². The highest BCUT2D eigenvalue weighted by atomic mass is 32.2. The van der Waals surface area contributed by atoms with Crippen molar-refractivity contribution in [2.24, 2.45) is 0 Å². The van der Waals surface area contributed by atoms with Crippen LogP contribution in [0.4, 0.5) is 5.82 Å². The smallest absolute Gasteiger partial charge is 0.267 e. The van der Waals surface area contributed by atoms with Crippen molar-refractivity contribution in [1.82, 2.24) is 14.7 Å². The first kappa shape index (κ1) is 18.5. The van der Waals surface area contributed by atoms with Gasteiger partial charge in [-0.3, -0.25) is 14.2 Å². The number of hydrogen-bond acceptors (Lipinski definition) is 7. The summed E-state index contributed by atoms with van der Waals surface area (Å²) in [5.74, 6) is 0.717. The van der Waals surface area contributed by atoms with Crippen LogP contribution in [0.25, 0.3) is 15.9 Å². The monoisotopic (exact) mass is 412 g/mol. The molecule has 1 aromatic carbocycles. The Balaban J connectivity index is 1.69. The molecule has 0 saturated heterocycles. The molecule has 7 nitrogen and oxygen atoms in total. The summed E-state index contributed by atoms with van der Waals surface area (Å²) in [6.07, 6.45) is 0. The van der Waals surface area contributed by atoms with Gasteiger partial charge in [-0.25, -0.2) is 4.98 Å². The molecule has 0 spiro atoms. The fraction of sp³-hybridized carbons (Fsp3) is 0.158. The van der Waals surface area contributed by atoms with E-state index >= 15 is 0 Å². The zero-order valence-corrected chi connectivity index (χ0v) is 16.7. The maximum Gasteiger partial charge on any atom is 0.267 e. The standard InChI is InChI=1S/C19H16N4O3S2/c1-11-10-15(22-26-11)20-16(24)12(2)28-19-21-17-14(8-9-27-17)18(25)23(19)13-6-4-3-5-7-13/h3-10,12H,1-2H3,(H,20,22,24). The van der Waals surface area contributed by atoms with Crippen molar-refractivity contribution >= 4 is 45.0 Å². The summed E-state index contributed by atoms with van der Waals surface area (Å²) in [5, 5.41) is 8.85. The van der Waals surface area contributed by atoms with E-state index in [4.69, 9.17) is 4.52 Å². The molecular formula is C19H16N4O3S2. The van der Waals surface area contributed by atoms with Gasteiger partial charge in [-0.05, 0) is 37.4 Å². The van der Waals surface area contributed by atoms with E-state index in [2.05, 4.69) is 15.5 Å². The lowest BCUT2D eigenvalue weighted by Crippen LogP contribution is -2.26. The van der Waals surface area contributed by atoms with Crippen molar-refractivity contribution in [2.45, 2.75) is 24.3 Å². The first-order chi connectivity index (χ1) is 13.5. The van der Waals surface area contributed by atoms with E-state index in [1.165, 1.54) is 23.1 Å². The van der Waals surface area contributed by atoms with E-state index in [0.29, 0.717) is 32.6 Å². The minimum atomic E-state index is -0.503. The molecule has 28 heavy (non-hydrogen) atoms. The molecule has 0 radical (unpaired) electrons. The Hall–Kier alpha value is -2.91. The summed E-state index contributed by atoms with van der Waals surface area (Å²) in [6, 6.07) is 12.7. The van der Waals surface area contributed by atoms with Crippen LogP contribution >= 0.6 is 23.1 Å². The summed E-state index contributed by atoms with van der Waals surface area (Å²) in [6.45, 7) is 3.51. The second-order valence-corrected chi connectivity index (χ2v) is 8.28. The second kappa shape index (κ2) is 7.61. The van der Waals surface area contributed by atoms with E-state index in [1.807, 2.05) is 35.7 Å². The minimum absolute atomic E-state index is 0.153. The predicted octanol–water partition coefficient (Wildman–Crippen LogP) is 3.86. The van der Waals surface area contributed by atoms with Crippen LogP contribution < -0.4 is 10.9 Å². The lowest BCUT2D eigenvalue weighted by atomic mass is 10.3. The van der Waals surface area contributed by atoms with Crippen molar-refractivity contribution in [2.75, 3.05) is 5.32 Å². The summed E-state index contributed by atoms with van der Waals surface area (Å²) < 4.78 is 6.51. The normalized spacial score (nSPS) is 12.2. The number of benzene rings is 1. The van der Waals surface area contributed by atoms with Crippen molar-refractivity contribution in [3.05, 3.63) is 64.0 Å². The highest BCUT2D eigenvalue weighted by Crippen LogP contribution is 2.27. The summed E-state index contributed by atoms with van der Waals surface area (Å²) in [4.78, 5) is 30.9. The van der Waals surface area contributed by atoms with Crippen molar-refractivity contribution in [3.8, 4) is 5.69 Å². The van der Waals surface area contributed by atoms with Crippen molar-refractivity contribution in [1.29, 1.82) is 0 Å². The molecule has 3 aromatic heterocycles.